The molecule has 2 heterocycles. The fourth-order valence-corrected chi connectivity index (χ4v) is 4.09. The van der Waals surface area contributed by atoms with E-state index in [-0.39, 0.29) is 17.3 Å². The molecule has 0 N–H and O–H groups in total. The van der Waals surface area contributed by atoms with E-state index in [1.54, 1.807) is 18.3 Å². The van der Waals surface area contributed by atoms with E-state index in [0.717, 1.165) is 31.6 Å². The Morgan fingerprint density at radius 2 is 1.77 bits per heavy atom. The SMILES string of the molecule is CCCC(=O)OSc1ccc(C(=O)N2CCN(c3ccccc3C(C)(C)C)CC2)cn1. The van der Waals surface area contributed by atoms with Crippen LogP contribution in [0.4, 0.5) is 5.69 Å². The molecule has 0 bridgehead atoms. The molecular formula is C24H31N3O3S. The van der Waals surface area contributed by atoms with Gasteiger partial charge in [0.15, 0.2) is 0 Å². The Morgan fingerprint density at radius 1 is 1.06 bits per heavy atom. The second kappa shape index (κ2) is 10.2. The first-order chi connectivity index (χ1) is 14.8. The highest BCUT2D eigenvalue weighted by molar-refractivity contribution is 7.95. The van der Waals surface area contributed by atoms with Crippen molar-refractivity contribution in [3.8, 4) is 0 Å². The monoisotopic (exact) mass is 441 g/mol. The maximum absolute atomic E-state index is 12.9. The lowest BCUT2D eigenvalue weighted by Gasteiger charge is -2.38. The van der Waals surface area contributed by atoms with Gasteiger partial charge in [-0.25, -0.2) is 4.98 Å². The van der Waals surface area contributed by atoms with Gasteiger partial charge < -0.3 is 14.0 Å². The minimum Gasteiger partial charge on any atom is -0.384 e. The molecule has 2 aromatic rings. The van der Waals surface area contributed by atoms with Crippen molar-refractivity contribution in [2.24, 2.45) is 0 Å². The quantitative estimate of drug-likeness (QED) is 0.606. The predicted octanol–water partition coefficient (Wildman–Crippen LogP) is 4.69. The number of nitrogens with zero attached hydrogens (tertiary/aromatic N) is 3. The van der Waals surface area contributed by atoms with Crippen molar-refractivity contribution in [1.82, 2.24) is 9.88 Å². The van der Waals surface area contributed by atoms with E-state index >= 15 is 0 Å². The molecule has 31 heavy (non-hydrogen) atoms. The minimum atomic E-state index is -0.264. The van der Waals surface area contributed by atoms with Crippen molar-refractivity contribution in [3.63, 3.8) is 0 Å². The first-order valence-electron chi connectivity index (χ1n) is 10.8. The van der Waals surface area contributed by atoms with Crippen LogP contribution in [-0.4, -0.2) is 47.9 Å². The van der Waals surface area contributed by atoms with E-state index in [4.69, 9.17) is 4.18 Å². The normalized spacial score (nSPS) is 14.5. The number of piperazine rings is 1. The largest absolute Gasteiger partial charge is 0.384 e. The van der Waals surface area contributed by atoms with Gasteiger partial charge in [0.05, 0.1) is 5.56 Å². The molecule has 1 aliphatic rings. The predicted molar refractivity (Wildman–Crippen MR) is 124 cm³/mol. The number of carbonyl (C=O) groups is 2. The van der Waals surface area contributed by atoms with Gasteiger partial charge in [0, 0.05) is 44.5 Å². The Bertz CT molecular complexity index is 901. The molecule has 1 saturated heterocycles. The standard InChI is InChI=1S/C24H31N3O3S/c1-5-8-22(28)30-31-21-12-11-18(17-25-21)23(29)27-15-13-26(14-16-27)20-10-7-6-9-19(20)24(2,3)4/h6-7,9-12,17H,5,8,13-16H2,1-4H3. The number of para-hydroxylation sites is 1. The van der Waals surface area contributed by atoms with Crippen LogP contribution in [0.2, 0.25) is 0 Å². The third kappa shape index (κ3) is 6.00. The van der Waals surface area contributed by atoms with Crippen LogP contribution in [0.1, 0.15) is 56.5 Å². The number of hydrogen-bond donors (Lipinski definition) is 0. The molecule has 6 nitrogen and oxygen atoms in total. The number of hydrogen-bond acceptors (Lipinski definition) is 6. The molecule has 1 aliphatic heterocycles. The van der Waals surface area contributed by atoms with E-state index in [1.807, 2.05) is 11.8 Å². The van der Waals surface area contributed by atoms with Gasteiger partial charge in [-0.05, 0) is 35.6 Å². The summed E-state index contributed by atoms with van der Waals surface area (Å²) in [5.74, 6) is -0.281. The van der Waals surface area contributed by atoms with Gasteiger partial charge in [-0.2, -0.15) is 0 Å². The topological polar surface area (TPSA) is 62.7 Å². The van der Waals surface area contributed by atoms with E-state index in [9.17, 15) is 9.59 Å². The third-order valence-corrected chi connectivity index (χ3v) is 5.96. The summed E-state index contributed by atoms with van der Waals surface area (Å²) in [7, 11) is 0. The lowest BCUT2D eigenvalue weighted by Crippen LogP contribution is -2.49. The lowest BCUT2D eigenvalue weighted by atomic mass is 9.85. The summed E-state index contributed by atoms with van der Waals surface area (Å²) in [6, 6.07) is 12.0. The Balaban J connectivity index is 1.58. The summed E-state index contributed by atoms with van der Waals surface area (Å²) in [6.07, 6.45) is 2.69. The molecule has 1 aromatic carbocycles. The van der Waals surface area contributed by atoms with Crippen molar-refractivity contribution in [2.45, 2.75) is 51.0 Å². The zero-order chi connectivity index (χ0) is 22.4. The van der Waals surface area contributed by atoms with Crippen LogP contribution in [0, 0.1) is 0 Å². The van der Waals surface area contributed by atoms with Crippen LogP contribution in [-0.2, 0) is 14.4 Å². The molecule has 7 heteroatoms. The Hall–Kier alpha value is -2.54. The Kier molecular flexibility index (Phi) is 7.59. The Morgan fingerprint density at radius 3 is 2.39 bits per heavy atom. The molecule has 3 rings (SSSR count). The molecule has 0 aliphatic carbocycles. The van der Waals surface area contributed by atoms with Crippen molar-refractivity contribution >= 4 is 29.6 Å². The molecule has 1 fully saturated rings. The average Bonchev–Trinajstić information content (AvgIpc) is 2.77. The smallest absolute Gasteiger partial charge is 0.318 e. The van der Waals surface area contributed by atoms with Crippen LogP contribution in [0.25, 0.3) is 0 Å². The van der Waals surface area contributed by atoms with Gasteiger partial charge in [-0.15, -0.1) is 0 Å². The molecule has 0 unspecified atom stereocenters. The summed E-state index contributed by atoms with van der Waals surface area (Å²) in [5.41, 5.74) is 3.20. The van der Waals surface area contributed by atoms with Gasteiger partial charge >= 0.3 is 5.97 Å². The maximum atomic E-state index is 12.9. The van der Waals surface area contributed by atoms with Crippen LogP contribution in [0.5, 0.6) is 0 Å². The molecule has 0 saturated carbocycles. The number of aromatic nitrogens is 1. The molecular weight excluding hydrogens is 410 g/mol. The summed E-state index contributed by atoms with van der Waals surface area (Å²) < 4.78 is 5.09. The van der Waals surface area contributed by atoms with Crippen LogP contribution in [0.15, 0.2) is 47.6 Å². The lowest BCUT2D eigenvalue weighted by molar-refractivity contribution is -0.133. The zero-order valence-electron chi connectivity index (χ0n) is 18.8. The second-order valence-electron chi connectivity index (χ2n) is 8.72. The summed E-state index contributed by atoms with van der Waals surface area (Å²) in [4.78, 5) is 32.9. The van der Waals surface area contributed by atoms with Gasteiger partial charge in [0.1, 0.15) is 17.1 Å². The molecule has 1 aromatic heterocycles. The van der Waals surface area contributed by atoms with Crippen molar-refractivity contribution in [1.29, 1.82) is 0 Å². The third-order valence-electron chi connectivity index (χ3n) is 5.28. The molecule has 0 spiro atoms. The zero-order valence-corrected chi connectivity index (χ0v) is 19.6. The minimum absolute atomic E-state index is 0.0178. The van der Waals surface area contributed by atoms with E-state index in [1.165, 1.54) is 11.3 Å². The number of pyridine rings is 1. The van der Waals surface area contributed by atoms with Gasteiger partial charge in [0.25, 0.3) is 5.91 Å². The fourth-order valence-electron chi connectivity index (χ4n) is 3.61. The highest BCUT2D eigenvalue weighted by atomic mass is 32.2. The number of anilines is 1. The van der Waals surface area contributed by atoms with Gasteiger partial charge in [-0.3, -0.25) is 9.59 Å². The van der Waals surface area contributed by atoms with Crippen molar-refractivity contribution in [2.75, 3.05) is 31.1 Å². The Labute approximate surface area is 189 Å². The van der Waals surface area contributed by atoms with Crippen LogP contribution >= 0.6 is 12.0 Å². The van der Waals surface area contributed by atoms with Gasteiger partial charge in [-0.1, -0.05) is 45.9 Å². The highest BCUT2D eigenvalue weighted by Gasteiger charge is 2.26. The molecule has 0 radical (unpaired) electrons. The first kappa shape index (κ1) is 23.1. The second-order valence-corrected chi connectivity index (χ2v) is 9.47. The van der Waals surface area contributed by atoms with E-state index in [0.29, 0.717) is 30.1 Å². The molecule has 1 amide bonds. The highest BCUT2D eigenvalue weighted by Crippen LogP contribution is 2.32. The number of amides is 1. The molecule has 166 valence electrons. The van der Waals surface area contributed by atoms with Crippen molar-refractivity contribution < 1.29 is 13.8 Å². The summed E-state index contributed by atoms with van der Waals surface area (Å²) in [5, 5.41) is 0.560. The summed E-state index contributed by atoms with van der Waals surface area (Å²) >= 11 is 0.933. The average molecular weight is 442 g/mol. The van der Waals surface area contributed by atoms with Crippen LogP contribution < -0.4 is 4.90 Å². The fraction of sp³-hybridized carbons (Fsp3) is 0.458. The first-order valence-corrected chi connectivity index (χ1v) is 11.5. The van der Waals surface area contributed by atoms with Crippen LogP contribution in [0.3, 0.4) is 0 Å². The van der Waals surface area contributed by atoms with E-state index < -0.39 is 0 Å². The maximum Gasteiger partial charge on any atom is 0.318 e. The number of rotatable bonds is 6. The molecule has 0 atom stereocenters. The van der Waals surface area contributed by atoms with E-state index in [2.05, 4.69) is 54.9 Å². The van der Waals surface area contributed by atoms with Crippen molar-refractivity contribution in [3.05, 3.63) is 53.7 Å². The summed E-state index contributed by atoms with van der Waals surface area (Å²) in [6.45, 7) is 11.5. The number of carbonyl (C=O) groups excluding carboxylic acids is 2. The van der Waals surface area contributed by atoms with Gasteiger partial charge in [0.2, 0.25) is 0 Å². The number of benzene rings is 1.